The number of methoxy groups -OCH3 is 1. The van der Waals surface area contributed by atoms with Gasteiger partial charge in [0.15, 0.2) is 0 Å². The number of aromatic nitrogens is 1. The Morgan fingerprint density at radius 1 is 0.871 bits per heavy atom. The summed E-state index contributed by atoms with van der Waals surface area (Å²) in [6, 6.07) is 30.8. The van der Waals surface area contributed by atoms with Crippen LogP contribution >= 0.6 is 0 Å². The highest BCUT2D eigenvalue weighted by atomic mass is 16.6. The van der Waals surface area contributed by atoms with Gasteiger partial charge < -0.3 is 14.1 Å². The Bertz CT molecular complexity index is 1160. The molecule has 4 aromatic rings. The van der Waals surface area contributed by atoms with Crippen LogP contribution in [0.3, 0.4) is 0 Å². The highest BCUT2D eigenvalue weighted by molar-refractivity contribution is 6.01. The summed E-state index contributed by atoms with van der Waals surface area (Å²) in [5, 5.41) is 4.41. The summed E-state index contributed by atoms with van der Waals surface area (Å²) < 4.78 is 7.47. The van der Waals surface area contributed by atoms with Crippen LogP contribution in [-0.4, -0.2) is 17.4 Å². The first-order valence-corrected chi connectivity index (χ1v) is 10.3. The van der Waals surface area contributed by atoms with E-state index in [2.05, 4.69) is 71.2 Å². The number of hydrogen-bond acceptors (Lipinski definition) is 3. The van der Waals surface area contributed by atoms with Crippen LogP contribution in [0.25, 0.3) is 16.9 Å². The van der Waals surface area contributed by atoms with E-state index >= 15 is 0 Å². The number of benzene rings is 3. The monoisotopic (exact) mass is 410 g/mol. The molecule has 0 N–H and O–H groups in total. The molecule has 4 nitrogen and oxygen atoms in total. The molecular weight excluding hydrogens is 384 g/mol. The number of rotatable bonds is 7. The van der Waals surface area contributed by atoms with Gasteiger partial charge in [-0.1, -0.05) is 65.8 Å². The third-order valence-electron chi connectivity index (χ3n) is 5.31. The van der Waals surface area contributed by atoms with Crippen LogP contribution in [-0.2, 0) is 11.4 Å². The highest BCUT2D eigenvalue weighted by Gasteiger charge is 2.16. The minimum atomic E-state index is 0.408. The van der Waals surface area contributed by atoms with E-state index in [0.29, 0.717) is 6.61 Å². The molecule has 31 heavy (non-hydrogen) atoms. The van der Waals surface area contributed by atoms with E-state index < -0.39 is 0 Å². The molecule has 0 bridgehead atoms. The number of hydrogen-bond donors (Lipinski definition) is 0. The molecule has 0 spiro atoms. The first-order valence-electron chi connectivity index (χ1n) is 10.3. The van der Waals surface area contributed by atoms with Gasteiger partial charge in [0.05, 0.1) is 18.5 Å². The molecule has 0 fully saturated rings. The molecule has 1 aromatic heterocycles. The largest absolute Gasteiger partial charge is 0.497 e. The zero-order chi connectivity index (χ0) is 21.6. The standard InChI is InChI=1S/C27H26N2O2/c1-20(28-31-19-22-14-16-25(30-3)17-15-22)26-18-27(23-10-6-4-7-11-23)29(21(26)2)24-12-8-5-9-13-24/h4-18H,19H2,1-3H3/b28-20-. The zero-order valence-electron chi connectivity index (χ0n) is 18.1. The second-order valence-corrected chi connectivity index (χ2v) is 7.36. The van der Waals surface area contributed by atoms with Gasteiger partial charge in [0.2, 0.25) is 0 Å². The normalized spacial score (nSPS) is 11.4. The van der Waals surface area contributed by atoms with Gasteiger partial charge in [0.1, 0.15) is 12.4 Å². The van der Waals surface area contributed by atoms with E-state index in [9.17, 15) is 0 Å². The molecule has 0 radical (unpaired) electrons. The van der Waals surface area contributed by atoms with Crippen molar-refractivity contribution in [2.75, 3.05) is 7.11 Å². The predicted molar refractivity (Wildman–Crippen MR) is 126 cm³/mol. The molecule has 0 atom stereocenters. The van der Waals surface area contributed by atoms with Gasteiger partial charge in [0.25, 0.3) is 0 Å². The molecule has 0 aliphatic rings. The van der Waals surface area contributed by atoms with Crippen LogP contribution < -0.4 is 4.74 Å². The van der Waals surface area contributed by atoms with Gasteiger partial charge in [-0.2, -0.15) is 0 Å². The van der Waals surface area contributed by atoms with Crippen LogP contribution in [0, 0.1) is 6.92 Å². The lowest BCUT2D eigenvalue weighted by Gasteiger charge is -2.12. The van der Waals surface area contributed by atoms with Crippen LogP contribution in [0.5, 0.6) is 5.75 Å². The Balaban J connectivity index is 1.64. The predicted octanol–water partition coefficient (Wildman–Crippen LogP) is 6.40. The van der Waals surface area contributed by atoms with Crippen molar-refractivity contribution in [2.45, 2.75) is 20.5 Å². The molecule has 0 amide bonds. The third-order valence-corrected chi connectivity index (χ3v) is 5.31. The smallest absolute Gasteiger partial charge is 0.142 e. The molecule has 156 valence electrons. The Morgan fingerprint density at radius 2 is 1.52 bits per heavy atom. The Hall–Kier alpha value is -3.79. The second kappa shape index (κ2) is 9.35. The number of ether oxygens (including phenoxy) is 1. The number of para-hydroxylation sites is 1. The zero-order valence-corrected chi connectivity index (χ0v) is 18.1. The van der Waals surface area contributed by atoms with Crippen molar-refractivity contribution in [2.24, 2.45) is 5.16 Å². The van der Waals surface area contributed by atoms with Crippen molar-refractivity contribution in [1.29, 1.82) is 0 Å². The van der Waals surface area contributed by atoms with E-state index in [1.807, 2.05) is 43.3 Å². The third kappa shape index (κ3) is 4.53. The number of nitrogens with zero attached hydrogens (tertiary/aromatic N) is 2. The van der Waals surface area contributed by atoms with E-state index in [1.54, 1.807) is 7.11 Å². The summed E-state index contributed by atoms with van der Waals surface area (Å²) in [5.74, 6) is 0.828. The summed E-state index contributed by atoms with van der Waals surface area (Å²) in [7, 11) is 1.66. The van der Waals surface area contributed by atoms with Crippen LogP contribution in [0.2, 0.25) is 0 Å². The lowest BCUT2D eigenvalue weighted by Crippen LogP contribution is -2.02. The topological polar surface area (TPSA) is 35.8 Å². The SMILES string of the molecule is COc1ccc(CO/N=C(/C)c2cc(-c3ccccc3)n(-c3ccccc3)c2C)cc1. The lowest BCUT2D eigenvalue weighted by molar-refractivity contribution is 0.130. The van der Waals surface area contributed by atoms with Gasteiger partial charge in [0, 0.05) is 16.9 Å². The van der Waals surface area contributed by atoms with Crippen molar-refractivity contribution in [1.82, 2.24) is 4.57 Å². The molecule has 0 unspecified atom stereocenters. The van der Waals surface area contributed by atoms with Crippen LogP contribution in [0.1, 0.15) is 23.7 Å². The fraction of sp³-hybridized carbons (Fsp3) is 0.148. The minimum absolute atomic E-state index is 0.408. The Morgan fingerprint density at radius 3 is 2.16 bits per heavy atom. The average molecular weight is 411 g/mol. The summed E-state index contributed by atoms with van der Waals surface area (Å²) in [5.41, 5.74) is 7.49. The fourth-order valence-corrected chi connectivity index (χ4v) is 3.68. The Kier molecular flexibility index (Phi) is 6.18. The van der Waals surface area contributed by atoms with E-state index in [-0.39, 0.29) is 0 Å². The maximum Gasteiger partial charge on any atom is 0.142 e. The van der Waals surface area contributed by atoms with Crippen LogP contribution in [0.15, 0.2) is 96.2 Å². The molecule has 4 heteroatoms. The molecule has 0 saturated carbocycles. The number of oxime groups is 1. The van der Waals surface area contributed by atoms with Crippen molar-refractivity contribution in [3.8, 4) is 22.7 Å². The summed E-state index contributed by atoms with van der Waals surface area (Å²) >= 11 is 0. The van der Waals surface area contributed by atoms with Crippen molar-refractivity contribution < 1.29 is 9.57 Å². The van der Waals surface area contributed by atoms with E-state index in [0.717, 1.165) is 45.2 Å². The lowest BCUT2D eigenvalue weighted by atomic mass is 10.1. The highest BCUT2D eigenvalue weighted by Crippen LogP contribution is 2.30. The quantitative estimate of drug-likeness (QED) is 0.261. The summed E-state index contributed by atoms with van der Waals surface area (Å²) in [6.45, 7) is 4.52. The van der Waals surface area contributed by atoms with Gasteiger partial charge in [-0.05, 0) is 55.3 Å². The molecule has 3 aromatic carbocycles. The first-order chi connectivity index (χ1) is 15.2. The molecule has 0 saturated heterocycles. The summed E-state index contributed by atoms with van der Waals surface area (Å²) in [4.78, 5) is 5.66. The fourth-order valence-electron chi connectivity index (χ4n) is 3.68. The first kappa shape index (κ1) is 20.5. The molecule has 0 aliphatic carbocycles. The van der Waals surface area contributed by atoms with Gasteiger partial charge >= 0.3 is 0 Å². The second-order valence-electron chi connectivity index (χ2n) is 7.36. The van der Waals surface area contributed by atoms with Gasteiger partial charge in [-0.3, -0.25) is 0 Å². The molecule has 0 aliphatic heterocycles. The van der Waals surface area contributed by atoms with Crippen molar-refractivity contribution >= 4 is 5.71 Å². The molecule has 4 rings (SSSR count). The minimum Gasteiger partial charge on any atom is -0.497 e. The molecule has 1 heterocycles. The van der Waals surface area contributed by atoms with E-state index in [4.69, 9.17) is 9.57 Å². The van der Waals surface area contributed by atoms with Gasteiger partial charge in [-0.25, -0.2) is 0 Å². The van der Waals surface area contributed by atoms with Crippen molar-refractivity contribution in [3.63, 3.8) is 0 Å². The maximum atomic E-state index is 5.66. The Labute approximate surface area is 183 Å². The maximum absolute atomic E-state index is 5.66. The van der Waals surface area contributed by atoms with Gasteiger partial charge in [-0.15, -0.1) is 0 Å². The average Bonchev–Trinajstić information content (AvgIpc) is 3.17. The molecular formula is C27H26N2O2. The summed E-state index contributed by atoms with van der Waals surface area (Å²) in [6.07, 6.45) is 0. The van der Waals surface area contributed by atoms with E-state index in [1.165, 1.54) is 0 Å². The van der Waals surface area contributed by atoms with Crippen molar-refractivity contribution in [3.05, 3.63) is 108 Å². The van der Waals surface area contributed by atoms with Crippen LogP contribution in [0.4, 0.5) is 0 Å².